The highest BCUT2D eigenvalue weighted by Crippen LogP contribution is 2.28. The van der Waals surface area contributed by atoms with Crippen LogP contribution < -0.4 is 10.6 Å². The van der Waals surface area contributed by atoms with Gasteiger partial charge in [0, 0.05) is 19.5 Å². The third kappa shape index (κ3) is 4.49. The smallest absolute Gasteiger partial charge is 0.309 e. The second-order valence-corrected chi connectivity index (χ2v) is 7.02. The van der Waals surface area contributed by atoms with Crippen molar-refractivity contribution in [3.8, 4) is 0 Å². The molecule has 3 rings (SSSR count). The zero-order chi connectivity index (χ0) is 18.6. The van der Waals surface area contributed by atoms with E-state index in [2.05, 4.69) is 16.7 Å². The average molecular weight is 352 g/mol. The minimum absolute atomic E-state index is 0.0676. The molecule has 2 amide bonds. The summed E-state index contributed by atoms with van der Waals surface area (Å²) in [6.07, 6.45) is 1.81. The third-order valence-corrected chi connectivity index (χ3v) is 4.86. The van der Waals surface area contributed by atoms with Gasteiger partial charge in [0.1, 0.15) is 0 Å². The van der Waals surface area contributed by atoms with Crippen molar-refractivity contribution in [2.24, 2.45) is 0 Å². The number of carbonyl (C=O) groups is 2. The van der Waals surface area contributed by atoms with E-state index in [-0.39, 0.29) is 6.54 Å². The first kappa shape index (κ1) is 18.1. The van der Waals surface area contributed by atoms with Gasteiger partial charge in [-0.25, -0.2) is 0 Å². The molecule has 2 aromatic carbocycles. The van der Waals surface area contributed by atoms with Crippen LogP contribution in [0.1, 0.15) is 28.7 Å². The predicted molar refractivity (Wildman–Crippen MR) is 99.5 cm³/mol. The Morgan fingerprint density at radius 1 is 1.00 bits per heavy atom. The van der Waals surface area contributed by atoms with E-state index in [1.165, 1.54) is 5.56 Å². The van der Waals surface area contributed by atoms with E-state index < -0.39 is 17.4 Å². The number of aryl methyl sites for hydroxylation is 2. The monoisotopic (exact) mass is 352 g/mol. The fraction of sp³-hybridized carbons (Fsp3) is 0.333. The Bertz CT molecular complexity index is 801. The number of carbonyl (C=O) groups excluding carboxylic acids is 2. The molecule has 1 aliphatic rings. The highest BCUT2D eigenvalue weighted by Gasteiger charge is 2.32. The lowest BCUT2D eigenvalue weighted by Gasteiger charge is -2.33. The van der Waals surface area contributed by atoms with Gasteiger partial charge in [-0.15, -0.1) is 0 Å². The summed E-state index contributed by atoms with van der Waals surface area (Å²) < 4.78 is 0. The van der Waals surface area contributed by atoms with Crippen LogP contribution in [0.2, 0.25) is 0 Å². The summed E-state index contributed by atoms with van der Waals surface area (Å²) in [5.41, 5.74) is 3.39. The van der Waals surface area contributed by atoms with Crippen LogP contribution in [0.25, 0.3) is 0 Å². The van der Waals surface area contributed by atoms with Crippen molar-refractivity contribution in [1.82, 2.24) is 10.6 Å². The third-order valence-electron chi connectivity index (χ3n) is 4.86. The molecule has 1 unspecified atom stereocenters. The second-order valence-electron chi connectivity index (χ2n) is 7.02. The molecule has 0 aromatic heterocycles. The lowest BCUT2D eigenvalue weighted by atomic mass is 9.80. The molecule has 0 radical (unpaired) electrons. The lowest BCUT2D eigenvalue weighted by Crippen LogP contribution is -2.50. The van der Waals surface area contributed by atoms with Gasteiger partial charge in [0.2, 0.25) is 0 Å². The van der Waals surface area contributed by atoms with Crippen LogP contribution in [0.15, 0.2) is 48.5 Å². The van der Waals surface area contributed by atoms with Crippen LogP contribution >= 0.6 is 0 Å². The van der Waals surface area contributed by atoms with E-state index in [4.69, 9.17) is 0 Å². The minimum atomic E-state index is -1.01. The summed E-state index contributed by atoms with van der Waals surface area (Å²) in [5.74, 6) is -1.41. The highest BCUT2D eigenvalue weighted by atomic mass is 16.3. The van der Waals surface area contributed by atoms with Gasteiger partial charge in [-0.3, -0.25) is 9.59 Å². The summed E-state index contributed by atoms with van der Waals surface area (Å²) in [5, 5.41) is 15.9. The van der Waals surface area contributed by atoms with E-state index in [1.807, 2.05) is 49.4 Å². The Labute approximate surface area is 153 Å². The minimum Gasteiger partial charge on any atom is -0.388 e. The largest absolute Gasteiger partial charge is 0.388 e. The summed E-state index contributed by atoms with van der Waals surface area (Å²) in [6.45, 7) is 2.35. The van der Waals surface area contributed by atoms with Gasteiger partial charge in [-0.1, -0.05) is 54.1 Å². The molecule has 5 nitrogen and oxygen atoms in total. The molecule has 2 aromatic rings. The van der Waals surface area contributed by atoms with Crippen molar-refractivity contribution in [3.63, 3.8) is 0 Å². The number of aliphatic hydroxyl groups is 1. The van der Waals surface area contributed by atoms with Crippen LogP contribution in [0.3, 0.4) is 0 Å². The number of hydrogen-bond acceptors (Lipinski definition) is 3. The first-order chi connectivity index (χ1) is 12.5. The number of fused-ring (bicyclic) bond motifs is 1. The number of rotatable bonds is 4. The maximum Gasteiger partial charge on any atom is 0.309 e. The molecule has 0 saturated heterocycles. The van der Waals surface area contributed by atoms with Gasteiger partial charge in [0.15, 0.2) is 0 Å². The Hall–Kier alpha value is -2.66. The Balaban J connectivity index is 1.49. The first-order valence-corrected chi connectivity index (χ1v) is 8.86. The number of nitrogens with one attached hydrogen (secondary N) is 2. The molecule has 0 bridgehead atoms. The molecular formula is C21H24N2O3. The molecule has 5 heteroatoms. The van der Waals surface area contributed by atoms with Crippen LogP contribution in [-0.4, -0.2) is 29.1 Å². The Kier molecular flexibility index (Phi) is 5.38. The molecule has 26 heavy (non-hydrogen) atoms. The van der Waals surface area contributed by atoms with Crippen molar-refractivity contribution in [2.75, 3.05) is 6.54 Å². The number of hydrogen-bond donors (Lipinski definition) is 3. The van der Waals surface area contributed by atoms with E-state index in [1.54, 1.807) is 0 Å². The molecule has 1 aliphatic carbocycles. The molecule has 0 spiro atoms. The van der Waals surface area contributed by atoms with E-state index in [0.29, 0.717) is 19.4 Å². The summed E-state index contributed by atoms with van der Waals surface area (Å²) in [7, 11) is 0. The second kappa shape index (κ2) is 7.70. The van der Waals surface area contributed by atoms with Crippen LogP contribution in [0, 0.1) is 6.92 Å². The van der Waals surface area contributed by atoms with Crippen molar-refractivity contribution < 1.29 is 14.7 Å². The molecule has 136 valence electrons. The fourth-order valence-electron chi connectivity index (χ4n) is 3.23. The van der Waals surface area contributed by atoms with Crippen LogP contribution in [-0.2, 0) is 29.0 Å². The average Bonchev–Trinajstić information content (AvgIpc) is 2.65. The quantitative estimate of drug-likeness (QED) is 0.732. The zero-order valence-corrected chi connectivity index (χ0v) is 14.9. The van der Waals surface area contributed by atoms with Gasteiger partial charge in [0.25, 0.3) is 0 Å². The Morgan fingerprint density at radius 2 is 1.65 bits per heavy atom. The normalized spacial score (nSPS) is 18.7. The molecular weight excluding hydrogens is 328 g/mol. The van der Waals surface area contributed by atoms with Crippen molar-refractivity contribution in [2.45, 2.75) is 38.3 Å². The number of amides is 2. The molecule has 0 heterocycles. The molecule has 0 fully saturated rings. The summed E-state index contributed by atoms with van der Waals surface area (Å²) in [4.78, 5) is 24.0. The SMILES string of the molecule is Cc1ccc(CNC(=O)C(=O)NCC2(O)CCc3ccccc3C2)cc1. The summed E-state index contributed by atoms with van der Waals surface area (Å²) in [6, 6.07) is 15.7. The van der Waals surface area contributed by atoms with Crippen molar-refractivity contribution in [1.29, 1.82) is 0 Å². The fourth-order valence-corrected chi connectivity index (χ4v) is 3.23. The van der Waals surface area contributed by atoms with Gasteiger partial charge in [-0.05, 0) is 36.5 Å². The van der Waals surface area contributed by atoms with Crippen molar-refractivity contribution in [3.05, 3.63) is 70.8 Å². The lowest BCUT2D eigenvalue weighted by molar-refractivity contribution is -0.140. The van der Waals surface area contributed by atoms with Gasteiger partial charge >= 0.3 is 11.8 Å². The van der Waals surface area contributed by atoms with Crippen LogP contribution in [0.5, 0.6) is 0 Å². The topological polar surface area (TPSA) is 78.4 Å². The maximum absolute atomic E-state index is 12.0. The Morgan fingerprint density at radius 3 is 2.38 bits per heavy atom. The molecule has 3 N–H and O–H groups in total. The van der Waals surface area contributed by atoms with E-state index in [0.717, 1.165) is 23.1 Å². The highest BCUT2D eigenvalue weighted by molar-refractivity contribution is 6.35. The van der Waals surface area contributed by atoms with Gasteiger partial charge in [0.05, 0.1) is 5.60 Å². The predicted octanol–water partition coefficient (Wildman–Crippen LogP) is 1.65. The van der Waals surface area contributed by atoms with E-state index in [9.17, 15) is 14.7 Å². The first-order valence-electron chi connectivity index (χ1n) is 8.86. The van der Waals surface area contributed by atoms with E-state index >= 15 is 0 Å². The zero-order valence-electron chi connectivity index (χ0n) is 14.9. The van der Waals surface area contributed by atoms with Crippen LogP contribution in [0.4, 0.5) is 0 Å². The van der Waals surface area contributed by atoms with Gasteiger partial charge < -0.3 is 15.7 Å². The van der Waals surface area contributed by atoms with Crippen molar-refractivity contribution >= 4 is 11.8 Å². The van der Waals surface area contributed by atoms with Gasteiger partial charge in [-0.2, -0.15) is 0 Å². The molecule has 0 aliphatic heterocycles. The number of benzene rings is 2. The maximum atomic E-state index is 12.0. The molecule has 0 saturated carbocycles. The standard InChI is InChI=1S/C21H24N2O3/c1-15-6-8-16(9-7-15)13-22-19(24)20(25)23-14-21(26)11-10-17-4-2-3-5-18(17)12-21/h2-9,26H,10-14H2,1H3,(H,22,24)(H,23,25). The summed E-state index contributed by atoms with van der Waals surface area (Å²) >= 11 is 0. The molecule has 1 atom stereocenters.